The largest absolute Gasteiger partial charge is 0.387 e. The van der Waals surface area contributed by atoms with Gasteiger partial charge in [-0.1, -0.05) is 19.1 Å². The van der Waals surface area contributed by atoms with Gasteiger partial charge in [-0.15, -0.1) is 0 Å². The Hall–Kier alpha value is -1.94. The van der Waals surface area contributed by atoms with Crippen LogP contribution in [0.1, 0.15) is 12.5 Å². The summed E-state index contributed by atoms with van der Waals surface area (Å²) in [7, 11) is 2.05. The van der Waals surface area contributed by atoms with Crippen molar-refractivity contribution in [3.05, 3.63) is 42.1 Å². The van der Waals surface area contributed by atoms with E-state index in [1.807, 2.05) is 32.3 Å². The van der Waals surface area contributed by atoms with Crippen LogP contribution in [0.2, 0.25) is 0 Å². The van der Waals surface area contributed by atoms with Crippen molar-refractivity contribution >= 4 is 16.7 Å². The van der Waals surface area contributed by atoms with E-state index in [-0.39, 0.29) is 11.8 Å². The van der Waals surface area contributed by atoms with Crippen molar-refractivity contribution in [3.63, 3.8) is 0 Å². The average Bonchev–Trinajstić information content (AvgIpc) is 2.38. The Balaban J connectivity index is 2.06. The topological polar surface area (TPSA) is 66.0 Å². The summed E-state index contributed by atoms with van der Waals surface area (Å²) in [4.78, 5) is 6.50. The number of benzene rings is 1. The Kier molecular flexibility index (Phi) is 4.12. The summed E-state index contributed by atoms with van der Waals surface area (Å²) >= 11 is 0. The molecule has 0 aliphatic carbocycles. The van der Waals surface area contributed by atoms with Gasteiger partial charge in [0.25, 0.3) is 0 Å². The van der Waals surface area contributed by atoms with E-state index >= 15 is 0 Å². The van der Waals surface area contributed by atoms with Crippen LogP contribution in [-0.2, 0) is 6.54 Å². The number of nitrogens with one attached hydrogen (secondary N) is 1. The van der Waals surface area contributed by atoms with Gasteiger partial charge < -0.3 is 10.6 Å². The van der Waals surface area contributed by atoms with Gasteiger partial charge in [0.2, 0.25) is 0 Å². The highest BCUT2D eigenvalue weighted by atomic mass is 15.1. The van der Waals surface area contributed by atoms with Gasteiger partial charge >= 0.3 is 0 Å². The highest BCUT2D eigenvalue weighted by Gasteiger charge is 2.09. The lowest BCUT2D eigenvalue weighted by Crippen LogP contribution is -2.31. The summed E-state index contributed by atoms with van der Waals surface area (Å²) in [5.74, 6) is 0.335. The van der Waals surface area contributed by atoms with Gasteiger partial charge in [-0.2, -0.15) is 0 Å². The molecule has 1 unspecified atom stereocenters. The quantitative estimate of drug-likeness (QED) is 0.637. The van der Waals surface area contributed by atoms with Gasteiger partial charge in [0.15, 0.2) is 0 Å². The molecule has 0 saturated carbocycles. The predicted molar refractivity (Wildman–Crippen MR) is 79.2 cm³/mol. The summed E-state index contributed by atoms with van der Waals surface area (Å²) < 4.78 is 0. The zero-order chi connectivity index (χ0) is 13.8. The molecule has 1 heterocycles. The third-order valence-electron chi connectivity index (χ3n) is 3.24. The number of amidine groups is 1. The Labute approximate surface area is 113 Å². The fourth-order valence-electron chi connectivity index (χ4n) is 2.17. The molecule has 0 radical (unpaired) electrons. The zero-order valence-corrected chi connectivity index (χ0v) is 11.4. The minimum atomic E-state index is 0.0899. The Morgan fingerprint density at radius 1 is 1.42 bits per heavy atom. The van der Waals surface area contributed by atoms with Crippen LogP contribution in [0.25, 0.3) is 10.9 Å². The monoisotopic (exact) mass is 256 g/mol. The molecule has 0 amide bonds. The van der Waals surface area contributed by atoms with Gasteiger partial charge in [-0.25, -0.2) is 0 Å². The van der Waals surface area contributed by atoms with Gasteiger partial charge in [0.1, 0.15) is 0 Å². The van der Waals surface area contributed by atoms with Crippen molar-refractivity contribution in [3.8, 4) is 0 Å². The summed E-state index contributed by atoms with van der Waals surface area (Å²) in [5, 5.41) is 8.58. The van der Waals surface area contributed by atoms with Crippen molar-refractivity contribution in [2.24, 2.45) is 11.7 Å². The van der Waals surface area contributed by atoms with Crippen molar-refractivity contribution in [2.75, 3.05) is 13.6 Å². The molecule has 0 aliphatic heterocycles. The van der Waals surface area contributed by atoms with Crippen molar-refractivity contribution in [2.45, 2.75) is 13.5 Å². The number of pyridine rings is 1. The van der Waals surface area contributed by atoms with Crippen LogP contribution in [0.3, 0.4) is 0 Å². The molecule has 0 spiro atoms. The zero-order valence-electron chi connectivity index (χ0n) is 11.4. The minimum Gasteiger partial charge on any atom is -0.387 e. The molecule has 1 aromatic heterocycles. The number of hydrogen-bond acceptors (Lipinski definition) is 3. The lowest BCUT2D eigenvalue weighted by molar-refractivity contribution is 0.306. The number of fused-ring (bicyclic) bond motifs is 1. The molecule has 4 nitrogen and oxygen atoms in total. The van der Waals surface area contributed by atoms with E-state index in [0.717, 1.165) is 24.0 Å². The van der Waals surface area contributed by atoms with E-state index in [9.17, 15) is 0 Å². The molecular weight excluding hydrogens is 236 g/mol. The number of rotatable bonds is 5. The molecule has 0 fully saturated rings. The van der Waals surface area contributed by atoms with E-state index in [0.29, 0.717) is 0 Å². The summed E-state index contributed by atoms with van der Waals surface area (Å²) in [6.07, 6.45) is 1.81. The highest BCUT2D eigenvalue weighted by Crippen LogP contribution is 2.14. The molecule has 4 heteroatoms. The normalized spacial score (nSPS) is 12.8. The van der Waals surface area contributed by atoms with E-state index in [1.54, 1.807) is 0 Å². The third-order valence-corrected chi connectivity index (χ3v) is 3.24. The van der Waals surface area contributed by atoms with E-state index in [4.69, 9.17) is 11.1 Å². The maximum atomic E-state index is 7.42. The first kappa shape index (κ1) is 13.5. The molecule has 19 heavy (non-hydrogen) atoms. The second kappa shape index (κ2) is 5.80. The molecule has 0 aliphatic rings. The van der Waals surface area contributed by atoms with Crippen LogP contribution >= 0.6 is 0 Å². The molecule has 0 bridgehead atoms. The highest BCUT2D eigenvalue weighted by molar-refractivity contribution is 5.79. The number of hydrogen-bond donors (Lipinski definition) is 2. The fraction of sp³-hybridized carbons (Fsp3) is 0.333. The number of aromatic nitrogens is 1. The standard InChI is InChI=1S/C15H20N4/c1-11(15(16)17)9-19(2)10-12-5-6-14-13(8-12)4-3-7-18-14/h3-8,11H,9-10H2,1-2H3,(H3,16,17). The smallest absolute Gasteiger partial charge is 0.0947 e. The summed E-state index contributed by atoms with van der Waals surface area (Å²) in [6.45, 7) is 3.62. The lowest BCUT2D eigenvalue weighted by Gasteiger charge is -2.20. The summed E-state index contributed by atoms with van der Waals surface area (Å²) in [6, 6.07) is 10.3. The van der Waals surface area contributed by atoms with E-state index in [1.165, 1.54) is 5.56 Å². The maximum Gasteiger partial charge on any atom is 0.0947 e. The first-order chi connectivity index (χ1) is 9.06. The molecular formula is C15H20N4. The maximum absolute atomic E-state index is 7.42. The Morgan fingerprint density at radius 2 is 2.21 bits per heavy atom. The Morgan fingerprint density at radius 3 is 2.95 bits per heavy atom. The van der Waals surface area contributed by atoms with Gasteiger partial charge in [0.05, 0.1) is 11.4 Å². The van der Waals surface area contributed by atoms with Crippen LogP contribution < -0.4 is 5.73 Å². The minimum absolute atomic E-state index is 0.0899. The van der Waals surface area contributed by atoms with E-state index < -0.39 is 0 Å². The molecule has 2 aromatic rings. The van der Waals surface area contributed by atoms with Crippen LogP contribution in [0.15, 0.2) is 36.5 Å². The number of nitrogens with zero attached hydrogens (tertiary/aromatic N) is 2. The molecule has 1 aromatic carbocycles. The molecule has 1 atom stereocenters. The lowest BCUT2D eigenvalue weighted by atomic mass is 10.1. The second-order valence-electron chi connectivity index (χ2n) is 5.08. The van der Waals surface area contributed by atoms with Gasteiger partial charge in [0, 0.05) is 30.6 Å². The van der Waals surface area contributed by atoms with Gasteiger partial charge in [-0.3, -0.25) is 10.4 Å². The van der Waals surface area contributed by atoms with Crippen LogP contribution in [0.4, 0.5) is 0 Å². The van der Waals surface area contributed by atoms with Crippen LogP contribution in [0.5, 0.6) is 0 Å². The predicted octanol–water partition coefficient (Wildman–Crippen LogP) is 2.24. The average molecular weight is 256 g/mol. The molecule has 2 rings (SSSR count). The number of nitrogens with two attached hydrogens (primary N) is 1. The SMILES string of the molecule is CC(CN(C)Cc1ccc2ncccc2c1)C(=N)N. The molecule has 0 saturated heterocycles. The van der Waals surface area contributed by atoms with Crippen LogP contribution in [0, 0.1) is 11.3 Å². The fourth-order valence-corrected chi connectivity index (χ4v) is 2.17. The third kappa shape index (κ3) is 3.51. The van der Waals surface area contributed by atoms with Crippen molar-refractivity contribution in [1.29, 1.82) is 5.41 Å². The molecule has 100 valence electrons. The van der Waals surface area contributed by atoms with Crippen molar-refractivity contribution < 1.29 is 0 Å². The summed E-state index contributed by atoms with van der Waals surface area (Å²) in [5.41, 5.74) is 7.77. The van der Waals surface area contributed by atoms with Crippen LogP contribution in [-0.4, -0.2) is 29.3 Å². The molecule has 3 N–H and O–H groups in total. The van der Waals surface area contributed by atoms with E-state index in [2.05, 4.69) is 28.1 Å². The van der Waals surface area contributed by atoms with Gasteiger partial charge in [-0.05, 0) is 30.8 Å². The first-order valence-corrected chi connectivity index (χ1v) is 6.42. The van der Waals surface area contributed by atoms with Crippen molar-refractivity contribution in [1.82, 2.24) is 9.88 Å². The second-order valence-corrected chi connectivity index (χ2v) is 5.08. The first-order valence-electron chi connectivity index (χ1n) is 6.42. The Bertz CT molecular complexity index is 579.